The van der Waals surface area contributed by atoms with E-state index in [9.17, 15) is 19.2 Å². The summed E-state index contributed by atoms with van der Waals surface area (Å²) in [5, 5.41) is 0. The summed E-state index contributed by atoms with van der Waals surface area (Å²) in [5.41, 5.74) is 3.84. The SMILES string of the molecule is Cc1ccc(-c2ccc(-c3ccc(C)c4c3C(=O)N(C)C4=O)o2)c2c1C(=O)N(C)C2=O. The van der Waals surface area contributed by atoms with Gasteiger partial charge in [-0.2, -0.15) is 0 Å². The van der Waals surface area contributed by atoms with Gasteiger partial charge in [0.1, 0.15) is 11.5 Å². The molecule has 3 aromatic rings. The van der Waals surface area contributed by atoms with Gasteiger partial charge in [0, 0.05) is 25.2 Å². The molecule has 2 aliphatic rings. The molecule has 0 spiro atoms. The lowest BCUT2D eigenvalue weighted by Crippen LogP contribution is -2.24. The van der Waals surface area contributed by atoms with Crippen LogP contribution >= 0.6 is 0 Å². The van der Waals surface area contributed by atoms with Gasteiger partial charge >= 0.3 is 0 Å². The maximum Gasteiger partial charge on any atom is 0.262 e. The van der Waals surface area contributed by atoms with Crippen molar-refractivity contribution in [3.63, 3.8) is 0 Å². The maximum atomic E-state index is 12.7. The van der Waals surface area contributed by atoms with E-state index in [-0.39, 0.29) is 23.6 Å². The second-order valence-corrected chi connectivity index (χ2v) is 7.86. The zero-order chi connectivity index (χ0) is 22.2. The summed E-state index contributed by atoms with van der Waals surface area (Å²) < 4.78 is 6.06. The normalized spacial score (nSPS) is 15.2. The molecule has 0 radical (unpaired) electrons. The fourth-order valence-electron chi connectivity index (χ4n) is 4.30. The number of hydrogen-bond acceptors (Lipinski definition) is 5. The van der Waals surface area contributed by atoms with Crippen LogP contribution < -0.4 is 0 Å². The number of carbonyl (C=O) groups is 4. The first-order chi connectivity index (χ1) is 14.7. The average Bonchev–Trinajstić information content (AvgIpc) is 3.39. The number of fused-ring (bicyclic) bond motifs is 2. The van der Waals surface area contributed by atoms with Crippen molar-refractivity contribution in [2.75, 3.05) is 14.1 Å². The minimum atomic E-state index is -0.379. The van der Waals surface area contributed by atoms with Gasteiger partial charge in [0.2, 0.25) is 0 Å². The third-order valence-corrected chi connectivity index (χ3v) is 6.04. The first-order valence-corrected chi connectivity index (χ1v) is 9.75. The van der Waals surface area contributed by atoms with Gasteiger partial charge in [-0.3, -0.25) is 29.0 Å². The Morgan fingerprint density at radius 2 is 0.903 bits per heavy atom. The summed E-state index contributed by atoms with van der Waals surface area (Å²) in [6.07, 6.45) is 0. The monoisotopic (exact) mass is 414 g/mol. The van der Waals surface area contributed by atoms with E-state index in [2.05, 4.69) is 0 Å². The van der Waals surface area contributed by atoms with Crippen LogP contribution in [0.15, 0.2) is 40.8 Å². The van der Waals surface area contributed by atoms with Crippen molar-refractivity contribution in [1.29, 1.82) is 0 Å². The quantitative estimate of drug-likeness (QED) is 0.597. The van der Waals surface area contributed by atoms with Crippen molar-refractivity contribution in [2.45, 2.75) is 13.8 Å². The van der Waals surface area contributed by atoms with Gasteiger partial charge in [-0.25, -0.2) is 0 Å². The Kier molecular flexibility index (Phi) is 3.83. The van der Waals surface area contributed by atoms with Gasteiger partial charge in [0.25, 0.3) is 23.6 Å². The molecule has 3 heterocycles. The van der Waals surface area contributed by atoms with Crippen LogP contribution in [0.3, 0.4) is 0 Å². The van der Waals surface area contributed by atoms with Gasteiger partial charge in [-0.05, 0) is 37.1 Å². The molecule has 4 amide bonds. The van der Waals surface area contributed by atoms with E-state index < -0.39 is 0 Å². The highest BCUT2D eigenvalue weighted by Gasteiger charge is 2.39. The number of rotatable bonds is 2. The lowest BCUT2D eigenvalue weighted by Gasteiger charge is -2.07. The van der Waals surface area contributed by atoms with E-state index in [1.165, 1.54) is 14.1 Å². The average molecular weight is 414 g/mol. The van der Waals surface area contributed by atoms with Crippen molar-refractivity contribution in [2.24, 2.45) is 0 Å². The molecule has 31 heavy (non-hydrogen) atoms. The van der Waals surface area contributed by atoms with Crippen LogP contribution in [-0.4, -0.2) is 47.5 Å². The molecule has 0 unspecified atom stereocenters. The number of carbonyl (C=O) groups excluding carboxylic acids is 4. The molecule has 0 atom stereocenters. The van der Waals surface area contributed by atoms with Crippen LogP contribution in [0.1, 0.15) is 52.6 Å². The van der Waals surface area contributed by atoms with Gasteiger partial charge < -0.3 is 4.42 Å². The number of benzene rings is 2. The summed E-state index contributed by atoms with van der Waals surface area (Å²) in [6.45, 7) is 3.57. The fourth-order valence-corrected chi connectivity index (χ4v) is 4.30. The molecule has 0 bridgehead atoms. The summed E-state index contributed by atoms with van der Waals surface area (Å²) in [7, 11) is 2.91. The van der Waals surface area contributed by atoms with Crippen LogP contribution in [0.4, 0.5) is 0 Å². The molecular formula is C24H18N2O5. The Hall–Kier alpha value is -4.00. The fraction of sp³-hybridized carbons (Fsp3) is 0.167. The van der Waals surface area contributed by atoms with Crippen molar-refractivity contribution in [1.82, 2.24) is 9.80 Å². The standard InChI is InChI=1S/C24H18N2O5/c1-11-5-7-13(19-17(11)21(27)25(3)23(19)29)15-9-10-16(31-15)14-8-6-12(2)18-20(14)24(30)26(4)22(18)28/h5-10H,1-4H3. The van der Waals surface area contributed by atoms with Crippen molar-refractivity contribution < 1.29 is 23.6 Å². The first kappa shape index (κ1) is 19.0. The minimum absolute atomic E-state index is 0.313. The van der Waals surface area contributed by atoms with E-state index in [1.807, 2.05) is 0 Å². The molecule has 1 aromatic heterocycles. The lowest BCUT2D eigenvalue weighted by atomic mass is 9.96. The highest BCUT2D eigenvalue weighted by atomic mass is 16.3. The van der Waals surface area contributed by atoms with E-state index in [4.69, 9.17) is 4.42 Å². The molecule has 0 fully saturated rings. The molecular weight excluding hydrogens is 396 g/mol. The number of nitrogens with zero attached hydrogens (tertiary/aromatic N) is 2. The van der Waals surface area contributed by atoms with Crippen LogP contribution in [0, 0.1) is 13.8 Å². The van der Waals surface area contributed by atoms with Crippen LogP contribution in [0.5, 0.6) is 0 Å². The topological polar surface area (TPSA) is 87.9 Å². The third-order valence-electron chi connectivity index (χ3n) is 6.04. The number of aryl methyl sites for hydroxylation is 2. The highest BCUT2D eigenvalue weighted by molar-refractivity contribution is 6.25. The Morgan fingerprint density at radius 3 is 1.29 bits per heavy atom. The van der Waals surface area contributed by atoms with Crippen LogP contribution in [-0.2, 0) is 0 Å². The van der Waals surface area contributed by atoms with Crippen molar-refractivity contribution in [3.05, 3.63) is 69.8 Å². The minimum Gasteiger partial charge on any atom is -0.456 e. The van der Waals surface area contributed by atoms with Gasteiger partial charge in [0.05, 0.1) is 22.3 Å². The second kappa shape index (κ2) is 6.25. The maximum absolute atomic E-state index is 12.7. The summed E-state index contributed by atoms with van der Waals surface area (Å²) >= 11 is 0. The Bertz CT molecular complexity index is 1260. The predicted molar refractivity (Wildman–Crippen MR) is 112 cm³/mol. The molecule has 2 aliphatic heterocycles. The second-order valence-electron chi connectivity index (χ2n) is 7.86. The Labute approximate surface area is 177 Å². The van der Waals surface area contributed by atoms with Crippen molar-refractivity contribution in [3.8, 4) is 22.6 Å². The zero-order valence-corrected chi connectivity index (χ0v) is 17.4. The molecule has 0 saturated heterocycles. The van der Waals surface area contributed by atoms with E-state index in [0.717, 1.165) is 20.9 Å². The molecule has 2 aromatic carbocycles. The number of amides is 4. The number of imide groups is 2. The third kappa shape index (κ3) is 2.40. The van der Waals surface area contributed by atoms with Gasteiger partial charge in [-0.15, -0.1) is 0 Å². The molecule has 5 rings (SSSR count). The molecule has 0 saturated carbocycles. The van der Waals surface area contributed by atoms with Crippen LogP contribution in [0.2, 0.25) is 0 Å². The molecule has 7 nitrogen and oxygen atoms in total. The molecule has 154 valence electrons. The summed E-state index contributed by atoms with van der Waals surface area (Å²) in [6, 6.07) is 10.5. The predicted octanol–water partition coefficient (Wildman–Crippen LogP) is 3.68. The number of hydrogen-bond donors (Lipinski definition) is 0. The highest BCUT2D eigenvalue weighted by Crippen LogP contribution is 2.39. The molecule has 7 heteroatoms. The zero-order valence-electron chi connectivity index (χ0n) is 17.4. The lowest BCUT2D eigenvalue weighted by molar-refractivity contribution is 0.0677. The number of furan rings is 1. The van der Waals surface area contributed by atoms with E-state index in [1.54, 1.807) is 50.2 Å². The van der Waals surface area contributed by atoms with Crippen molar-refractivity contribution >= 4 is 23.6 Å². The first-order valence-electron chi connectivity index (χ1n) is 9.75. The van der Waals surface area contributed by atoms with E-state index in [0.29, 0.717) is 44.9 Å². The van der Waals surface area contributed by atoms with Crippen LogP contribution in [0.25, 0.3) is 22.6 Å². The molecule has 0 aliphatic carbocycles. The Morgan fingerprint density at radius 1 is 0.548 bits per heavy atom. The smallest absolute Gasteiger partial charge is 0.262 e. The Balaban J connectivity index is 1.67. The summed E-state index contributed by atoms with van der Waals surface area (Å²) in [4.78, 5) is 52.6. The van der Waals surface area contributed by atoms with Gasteiger partial charge in [0.15, 0.2) is 0 Å². The largest absolute Gasteiger partial charge is 0.456 e. The summed E-state index contributed by atoms with van der Waals surface area (Å²) in [5.74, 6) is -0.626. The molecule has 0 N–H and O–H groups in total. The van der Waals surface area contributed by atoms with Gasteiger partial charge in [-0.1, -0.05) is 24.3 Å². The van der Waals surface area contributed by atoms with E-state index >= 15 is 0 Å².